The molecule has 3 aromatic rings. The summed E-state index contributed by atoms with van der Waals surface area (Å²) in [4.78, 5) is 4.92. The van der Waals surface area contributed by atoms with Gasteiger partial charge in [0.1, 0.15) is 0 Å². The predicted molar refractivity (Wildman–Crippen MR) is 102 cm³/mol. The van der Waals surface area contributed by atoms with Crippen LogP contribution in [0, 0.1) is 6.92 Å². The molecule has 2 nitrogen and oxygen atoms in total. The zero-order valence-electron chi connectivity index (χ0n) is 14.6. The Morgan fingerprint density at radius 1 is 0.870 bits per heavy atom. The van der Waals surface area contributed by atoms with Crippen molar-refractivity contribution in [2.24, 2.45) is 0 Å². The van der Waals surface area contributed by atoms with Gasteiger partial charge in [-0.1, -0.05) is 36.4 Å². The van der Waals surface area contributed by atoms with Gasteiger partial charge in [-0.3, -0.25) is 0 Å². The molecule has 0 fully saturated rings. The van der Waals surface area contributed by atoms with E-state index in [4.69, 9.17) is 0 Å². The van der Waals surface area contributed by atoms with Gasteiger partial charge in [0.25, 0.3) is 0 Å². The number of aryl methyl sites for hydroxylation is 1. The number of hydrogen-bond donors (Lipinski definition) is 0. The highest BCUT2D eigenvalue weighted by atomic mass is 15.3. The van der Waals surface area contributed by atoms with Crippen molar-refractivity contribution in [2.45, 2.75) is 33.2 Å². The molecule has 1 heterocycles. The van der Waals surface area contributed by atoms with E-state index in [2.05, 4.69) is 87.0 Å². The van der Waals surface area contributed by atoms with Crippen LogP contribution < -0.4 is 9.80 Å². The summed E-state index contributed by atoms with van der Waals surface area (Å²) >= 11 is 0. The van der Waals surface area contributed by atoms with Crippen LogP contribution in [0.1, 0.15) is 26.3 Å². The Morgan fingerprint density at radius 3 is 2.22 bits per heavy atom. The molecule has 0 bridgehead atoms. The van der Waals surface area contributed by atoms with E-state index < -0.39 is 0 Å². The van der Waals surface area contributed by atoms with Crippen molar-refractivity contribution in [3.8, 4) is 0 Å². The standard InChI is InChI=1S/C21H24N2/c1-14-15-9-6-7-10-16(15)17-11-8-12-18-19(17)20(14)22(5)13-23(18)21(2,3)4/h6-12H,13H2,1-5H3. The molecular weight excluding hydrogens is 280 g/mol. The fourth-order valence-electron chi connectivity index (χ4n) is 4.01. The maximum Gasteiger partial charge on any atom is 0.0905 e. The van der Waals surface area contributed by atoms with E-state index in [9.17, 15) is 0 Å². The average molecular weight is 304 g/mol. The molecule has 0 atom stereocenters. The first-order valence-corrected chi connectivity index (χ1v) is 8.32. The Hall–Kier alpha value is -2.22. The summed E-state index contributed by atoms with van der Waals surface area (Å²) in [6.45, 7) is 10.1. The van der Waals surface area contributed by atoms with Crippen molar-refractivity contribution in [2.75, 3.05) is 23.5 Å². The van der Waals surface area contributed by atoms with Crippen molar-refractivity contribution < 1.29 is 0 Å². The van der Waals surface area contributed by atoms with Gasteiger partial charge in [0, 0.05) is 23.7 Å². The Kier molecular flexibility index (Phi) is 2.90. The maximum atomic E-state index is 2.51. The number of fused-ring (bicyclic) bond motifs is 2. The molecule has 4 rings (SSSR count). The molecule has 0 spiro atoms. The smallest absolute Gasteiger partial charge is 0.0905 e. The molecule has 1 aliphatic heterocycles. The number of benzene rings is 3. The Bertz CT molecular complexity index is 918. The Morgan fingerprint density at radius 2 is 1.52 bits per heavy atom. The van der Waals surface area contributed by atoms with Gasteiger partial charge in [-0.25, -0.2) is 0 Å². The summed E-state index contributed by atoms with van der Waals surface area (Å²) in [5, 5.41) is 5.48. The molecule has 0 aromatic heterocycles. The minimum atomic E-state index is 0.0970. The van der Waals surface area contributed by atoms with Crippen LogP contribution in [0.4, 0.5) is 11.4 Å². The van der Waals surface area contributed by atoms with Crippen LogP contribution in [0.25, 0.3) is 21.5 Å². The molecule has 0 aliphatic carbocycles. The molecule has 23 heavy (non-hydrogen) atoms. The van der Waals surface area contributed by atoms with E-state index in [0.717, 1.165) is 6.67 Å². The molecule has 0 saturated heterocycles. The first kappa shape index (κ1) is 14.4. The van der Waals surface area contributed by atoms with Gasteiger partial charge >= 0.3 is 0 Å². The highest BCUT2D eigenvalue weighted by molar-refractivity contribution is 6.19. The van der Waals surface area contributed by atoms with Crippen LogP contribution >= 0.6 is 0 Å². The summed E-state index contributed by atoms with van der Waals surface area (Å²) in [5.74, 6) is 0. The van der Waals surface area contributed by atoms with Gasteiger partial charge in [0.2, 0.25) is 0 Å². The van der Waals surface area contributed by atoms with Crippen LogP contribution in [0.5, 0.6) is 0 Å². The number of nitrogens with zero attached hydrogens (tertiary/aromatic N) is 2. The number of hydrogen-bond acceptors (Lipinski definition) is 2. The third-order valence-electron chi connectivity index (χ3n) is 5.09. The lowest BCUT2D eigenvalue weighted by molar-refractivity contribution is 0.501. The first-order valence-electron chi connectivity index (χ1n) is 8.32. The normalized spacial score (nSPS) is 14.8. The molecule has 1 aliphatic rings. The Balaban J connectivity index is 2.21. The number of rotatable bonds is 0. The van der Waals surface area contributed by atoms with Gasteiger partial charge in [0.05, 0.1) is 12.4 Å². The van der Waals surface area contributed by atoms with E-state index in [1.54, 1.807) is 0 Å². The lowest BCUT2D eigenvalue weighted by Gasteiger charge is -2.45. The Labute approximate surface area is 138 Å². The van der Waals surface area contributed by atoms with Gasteiger partial charge in [-0.05, 0) is 55.5 Å². The summed E-state index contributed by atoms with van der Waals surface area (Å²) in [6.07, 6.45) is 0. The highest BCUT2D eigenvalue weighted by Gasteiger charge is 2.31. The van der Waals surface area contributed by atoms with Crippen molar-refractivity contribution in [1.82, 2.24) is 0 Å². The van der Waals surface area contributed by atoms with Crippen molar-refractivity contribution in [3.05, 3.63) is 48.0 Å². The van der Waals surface area contributed by atoms with E-state index in [1.807, 2.05) is 0 Å². The van der Waals surface area contributed by atoms with Crippen molar-refractivity contribution in [3.63, 3.8) is 0 Å². The van der Waals surface area contributed by atoms with Crippen LogP contribution in [-0.4, -0.2) is 19.3 Å². The monoisotopic (exact) mass is 304 g/mol. The second kappa shape index (κ2) is 4.64. The van der Waals surface area contributed by atoms with Crippen molar-refractivity contribution >= 4 is 32.9 Å². The second-order valence-corrected chi connectivity index (χ2v) is 7.66. The quantitative estimate of drug-likeness (QED) is 0.519. The van der Waals surface area contributed by atoms with Crippen LogP contribution in [0.2, 0.25) is 0 Å². The maximum absolute atomic E-state index is 2.51. The van der Waals surface area contributed by atoms with Gasteiger partial charge in [0.15, 0.2) is 0 Å². The minimum absolute atomic E-state index is 0.0970. The predicted octanol–water partition coefficient (Wildman–Crippen LogP) is 5.31. The summed E-state index contributed by atoms with van der Waals surface area (Å²) in [6, 6.07) is 15.5. The van der Waals surface area contributed by atoms with Crippen LogP contribution in [0.15, 0.2) is 42.5 Å². The molecule has 0 saturated carbocycles. The average Bonchev–Trinajstić information content (AvgIpc) is 2.52. The third-order valence-corrected chi connectivity index (χ3v) is 5.09. The highest BCUT2D eigenvalue weighted by Crippen LogP contribution is 2.46. The van der Waals surface area contributed by atoms with Crippen molar-refractivity contribution in [1.29, 1.82) is 0 Å². The van der Waals surface area contributed by atoms with E-state index in [1.165, 1.54) is 38.5 Å². The molecule has 2 heteroatoms. The van der Waals surface area contributed by atoms with Gasteiger partial charge < -0.3 is 9.80 Å². The lowest BCUT2D eigenvalue weighted by atomic mass is 9.91. The molecule has 3 aromatic carbocycles. The summed E-state index contributed by atoms with van der Waals surface area (Å²) in [5.41, 5.74) is 4.23. The van der Waals surface area contributed by atoms with Gasteiger partial charge in [-0.15, -0.1) is 0 Å². The second-order valence-electron chi connectivity index (χ2n) is 7.66. The lowest BCUT2D eigenvalue weighted by Crippen LogP contribution is -2.49. The zero-order valence-corrected chi connectivity index (χ0v) is 14.6. The molecule has 0 N–H and O–H groups in total. The fourth-order valence-corrected chi connectivity index (χ4v) is 4.01. The first-order chi connectivity index (χ1) is 10.9. The molecule has 0 amide bonds. The summed E-state index contributed by atoms with van der Waals surface area (Å²) < 4.78 is 0. The minimum Gasteiger partial charge on any atom is -0.356 e. The molecular formula is C21H24N2. The molecule has 0 radical (unpaired) electrons. The van der Waals surface area contributed by atoms with E-state index in [0.29, 0.717) is 0 Å². The largest absolute Gasteiger partial charge is 0.356 e. The van der Waals surface area contributed by atoms with Crippen LogP contribution in [-0.2, 0) is 0 Å². The fraction of sp³-hybridized carbons (Fsp3) is 0.333. The molecule has 118 valence electrons. The third kappa shape index (κ3) is 1.94. The van der Waals surface area contributed by atoms with E-state index in [-0.39, 0.29) is 5.54 Å². The van der Waals surface area contributed by atoms with Gasteiger partial charge in [-0.2, -0.15) is 0 Å². The van der Waals surface area contributed by atoms with E-state index >= 15 is 0 Å². The zero-order chi connectivity index (χ0) is 16.4. The molecule has 0 unspecified atom stereocenters. The number of anilines is 2. The SMILES string of the molecule is Cc1c2c3c(cccc3c3ccccc13)N(C(C)(C)C)CN2C. The summed E-state index contributed by atoms with van der Waals surface area (Å²) in [7, 11) is 2.21. The topological polar surface area (TPSA) is 6.48 Å². The van der Waals surface area contributed by atoms with Crippen LogP contribution in [0.3, 0.4) is 0 Å².